The van der Waals surface area contributed by atoms with Gasteiger partial charge in [-0.25, -0.2) is 9.78 Å². The van der Waals surface area contributed by atoms with Crippen LogP contribution in [0.25, 0.3) is 0 Å². The number of anilines is 1. The number of rotatable bonds is 5. The molecule has 0 saturated carbocycles. The van der Waals surface area contributed by atoms with E-state index >= 15 is 0 Å². The lowest BCUT2D eigenvalue weighted by atomic mass is 10.1. The van der Waals surface area contributed by atoms with Crippen LogP contribution in [0.3, 0.4) is 0 Å². The van der Waals surface area contributed by atoms with Gasteiger partial charge >= 0.3 is 5.97 Å². The Morgan fingerprint density at radius 1 is 1.38 bits per heavy atom. The van der Waals surface area contributed by atoms with Crippen molar-refractivity contribution in [3.63, 3.8) is 0 Å². The van der Waals surface area contributed by atoms with E-state index in [1.165, 1.54) is 4.88 Å². The Labute approximate surface area is 129 Å². The van der Waals surface area contributed by atoms with Gasteiger partial charge in [0.05, 0.1) is 28.9 Å². The van der Waals surface area contributed by atoms with Gasteiger partial charge in [-0.15, -0.1) is 11.3 Å². The van der Waals surface area contributed by atoms with Crippen molar-refractivity contribution in [3.8, 4) is 0 Å². The number of aromatic nitrogens is 1. The predicted octanol–water partition coefficient (Wildman–Crippen LogP) is 4.11. The lowest BCUT2D eigenvalue weighted by Gasteiger charge is -2.17. The molecule has 0 aliphatic heterocycles. The molecule has 0 bridgehead atoms. The van der Waals surface area contributed by atoms with Gasteiger partial charge in [-0.05, 0) is 39.8 Å². The first-order valence-corrected chi connectivity index (χ1v) is 7.81. The van der Waals surface area contributed by atoms with E-state index in [1.807, 2.05) is 32.0 Å². The van der Waals surface area contributed by atoms with E-state index in [1.54, 1.807) is 24.3 Å². The number of para-hydroxylation sites is 1. The third-order valence-electron chi connectivity index (χ3n) is 3.13. The molecular weight excluding hydrogens is 284 g/mol. The number of ether oxygens (including phenoxy) is 1. The zero-order valence-electron chi connectivity index (χ0n) is 12.8. The van der Waals surface area contributed by atoms with Gasteiger partial charge in [0.1, 0.15) is 0 Å². The van der Waals surface area contributed by atoms with E-state index in [4.69, 9.17) is 4.74 Å². The molecule has 1 N–H and O–H groups in total. The standard InChI is InChI=1S/C16H20N2O2S/c1-5-20-16(19)13-8-6-7-9-14(13)18-11(3)15-10(2)17-12(4)21-15/h6-9,11,18H,5H2,1-4H3. The SMILES string of the molecule is CCOC(=O)c1ccccc1NC(C)c1sc(C)nc1C. The minimum atomic E-state index is -0.301. The predicted molar refractivity (Wildman–Crippen MR) is 86.0 cm³/mol. The number of hydrogen-bond donors (Lipinski definition) is 1. The van der Waals surface area contributed by atoms with Crippen molar-refractivity contribution >= 4 is 23.0 Å². The molecule has 0 saturated heterocycles. The van der Waals surface area contributed by atoms with Crippen molar-refractivity contribution in [2.24, 2.45) is 0 Å². The maximum absolute atomic E-state index is 12.0. The number of aryl methyl sites for hydroxylation is 2. The van der Waals surface area contributed by atoms with Crippen LogP contribution in [0.4, 0.5) is 5.69 Å². The molecule has 4 nitrogen and oxygen atoms in total. The molecule has 1 aromatic carbocycles. The molecule has 2 aromatic rings. The molecule has 0 fully saturated rings. The quantitative estimate of drug-likeness (QED) is 0.845. The number of hydrogen-bond acceptors (Lipinski definition) is 5. The number of carbonyl (C=O) groups is 1. The van der Waals surface area contributed by atoms with E-state index in [2.05, 4.69) is 17.2 Å². The lowest BCUT2D eigenvalue weighted by molar-refractivity contribution is 0.0527. The number of carbonyl (C=O) groups excluding carboxylic acids is 1. The Kier molecular flexibility index (Phi) is 4.96. The topological polar surface area (TPSA) is 51.2 Å². The molecule has 1 atom stereocenters. The van der Waals surface area contributed by atoms with Gasteiger partial charge in [0.2, 0.25) is 0 Å². The first kappa shape index (κ1) is 15.5. The molecule has 21 heavy (non-hydrogen) atoms. The zero-order valence-corrected chi connectivity index (χ0v) is 13.6. The van der Waals surface area contributed by atoms with Crippen LogP contribution in [-0.2, 0) is 4.74 Å². The number of nitrogens with zero attached hydrogens (tertiary/aromatic N) is 1. The number of esters is 1. The molecule has 112 valence electrons. The summed E-state index contributed by atoms with van der Waals surface area (Å²) in [4.78, 5) is 17.6. The molecule has 1 unspecified atom stereocenters. The fourth-order valence-electron chi connectivity index (χ4n) is 2.24. The van der Waals surface area contributed by atoms with Gasteiger partial charge in [0.25, 0.3) is 0 Å². The molecule has 0 aliphatic rings. The second-order valence-corrected chi connectivity index (χ2v) is 6.05. The largest absolute Gasteiger partial charge is 0.462 e. The van der Waals surface area contributed by atoms with Crippen molar-refractivity contribution in [3.05, 3.63) is 45.4 Å². The molecular formula is C16H20N2O2S. The van der Waals surface area contributed by atoms with Gasteiger partial charge in [-0.1, -0.05) is 12.1 Å². The van der Waals surface area contributed by atoms with E-state index in [-0.39, 0.29) is 12.0 Å². The highest BCUT2D eigenvalue weighted by Gasteiger charge is 2.17. The van der Waals surface area contributed by atoms with E-state index in [9.17, 15) is 4.79 Å². The van der Waals surface area contributed by atoms with Crippen LogP contribution >= 0.6 is 11.3 Å². The lowest BCUT2D eigenvalue weighted by Crippen LogP contribution is -2.12. The maximum Gasteiger partial charge on any atom is 0.340 e. The summed E-state index contributed by atoms with van der Waals surface area (Å²) < 4.78 is 5.10. The van der Waals surface area contributed by atoms with E-state index < -0.39 is 0 Å². The second-order valence-electron chi connectivity index (χ2n) is 4.81. The first-order valence-electron chi connectivity index (χ1n) is 6.99. The van der Waals surface area contributed by atoms with Gasteiger partial charge in [-0.2, -0.15) is 0 Å². The minimum absolute atomic E-state index is 0.0896. The molecule has 1 heterocycles. The summed E-state index contributed by atoms with van der Waals surface area (Å²) in [5.74, 6) is -0.301. The summed E-state index contributed by atoms with van der Waals surface area (Å²) in [5.41, 5.74) is 2.38. The molecule has 0 spiro atoms. The number of benzene rings is 1. The summed E-state index contributed by atoms with van der Waals surface area (Å²) >= 11 is 1.68. The third-order valence-corrected chi connectivity index (χ3v) is 4.38. The van der Waals surface area contributed by atoms with Gasteiger partial charge in [0, 0.05) is 10.6 Å². The van der Waals surface area contributed by atoms with Gasteiger partial charge in [-0.3, -0.25) is 0 Å². The van der Waals surface area contributed by atoms with Crippen LogP contribution in [0.5, 0.6) is 0 Å². The minimum Gasteiger partial charge on any atom is -0.462 e. The summed E-state index contributed by atoms with van der Waals surface area (Å²) in [6.07, 6.45) is 0. The molecule has 0 aliphatic carbocycles. The average molecular weight is 304 g/mol. The van der Waals surface area contributed by atoms with Crippen molar-refractivity contribution in [1.29, 1.82) is 0 Å². The van der Waals surface area contributed by atoms with Gasteiger partial charge < -0.3 is 10.1 Å². The number of nitrogens with one attached hydrogen (secondary N) is 1. The summed E-state index contributed by atoms with van der Waals surface area (Å²) in [5, 5.41) is 4.44. The Bertz CT molecular complexity index is 637. The maximum atomic E-state index is 12.0. The molecule has 2 rings (SSSR count). The Hall–Kier alpha value is -1.88. The van der Waals surface area contributed by atoms with Crippen LogP contribution in [0.2, 0.25) is 0 Å². The van der Waals surface area contributed by atoms with E-state index in [0.717, 1.165) is 16.4 Å². The molecule has 0 amide bonds. The number of thiazole rings is 1. The van der Waals surface area contributed by atoms with Crippen molar-refractivity contribution in [1.82, 2.24) is 4.98 Å². The zero-order chi connectivity index (χ0) is 15.4. The Morgan fingerprint density at radius 3 is 2.71 bits per heavy atom. The smallest absolute Gasteiger partial charge is 0.340 e. The van der Waals surface area contributed by atoms with E-state index in [0.29, 0.717) is 12.2 Å². The van der Waals surface area contributed by atoms with Crippen LogP contribution in [0, 0.1) is 13.8 Å². The second kappa shape index (κ2) is 6.72. The van der Waals surface area contributed by atoms with Crippen molar-refractivity contribution in [2.75, 3.05) is 11.9 Å². The van der Waals surface area contributed by atoms with Crippen LogP contribution in [0.1, 0.15) is 45.8 Å². The molecule has 1 aromatic heterocycles. The molecule has 0 radical (unpaired) electrons. The first-order chi connectivity index (χ1) is 10.0. The molecule has 5 heteroatoms. The highest BCUT2D eigenvalue weighted by atomic mass is 32.1. The summed E-state index contributed by atoms with van der Waals surface area (Å²) in [6.45, 7) is 8.26. The highest BCUT2D eigenvalue weighted by molar-refractivity contribution is 7.11. The Morgan fingerprint density at radius 2 is 2.10 bits per heavy atom. The van der Waals surface area contributed by atoms with Gasteiger partial charge in [0.15, 0.2) is 0 Å². The summed E-state index contributed by atoms with van der Waals surface area (Å²) in [7, 11) is 0. The summed E-state index contributed by atoms with van der Waals surface area (Å²) in [6, 6.07) is 7.50. The normalized spacial score (nSPS) is 12.0. The van der Waals surface area contributed by atoms with Crippen LogP contribution < -0.4 is 5.32 Å². The average Bonchev–Trinajstić information content (AvgIpc) is 2.78. The highest BCUT2D eigenvalue weighted by Crippen LogP contribution is 2.28. The monoisotopic (exact) mass is 304 g/mol. The fourth-order valence-corrected chi connectivity index (χ4v) is 3.17. The third kappa shape index (κ3) is 3.61. The van der Waals surface area contributed by atoms with Crippen LogP contribution in [-0.4, -0.2) is 17.6 Å². The fraction of sp³-hybridized carbons (Fsp3) is 0.375. The Balaban J connectivity index is 2.23. The van der Waals surface area contributed by atoms with Crippen molar-refractivity contribution < 1.29 is 9.53 Å². The van der Waals surface area contributed by atoms with Crippen molar-refractivity contribution in [2.45, 2.75) is 33.7 Å². The van der Waals surface area contributed by atoms with Crippen LogP contribution in [0.15, 0.2) is 24.3 Å².